The van der Waals surface area contributed by atoms with Gasteiger partial charge in [-0.2, -0.15) is 0 Å². The summed E-state index contributed by atoms with van der Waals surface area (Å²) in [5.74, 6) is 0.970. The molecule has 0 aliphatic heterocycles. The quantitative estimate of drug-likeness (QED) is 0.824. The number of aryl methyl sites for hydroxylation is 2. The lowest BCUT2D eigenvalue weighted by Gasteiger charge is -2.17. The van der Waals surface area contributed by atoms with E-state index in [1.165, 1.54) is 16.7 Å². The topological polar surface area (TPSA) is 44.5 Å². The first-order valence-corrected chi connectivity index (χ1v) is 6.99. The van der Waals surface area contributed by atoms with Crippen molar-refractivity contribution in [3.63, 3.8) is 0 Å². The number of hydrogen-bond donors (Lipinski definition) is 1. The Morgan fingerprint density at radius 2 is 1.79 bits per heavy atom. The molecule has 108 valence electrons. The molecule has 0 saturated carbocycles. The maximum Gasteiger partial charge on any atom is 0.125 e. The fourth-order valence-electron chi connectivity index (χ4n) is 2.10. The van der Waals surface area contributed by atoms with Gasteiger partial charge in [0.05, 0.1) is 6.10 Å². The summed E-state index contributed by atoms with van der Waals surface area (Å²) in [6.45, 7) is 8.86. The molecule has 0 aliphatic carbocycles. The number of ether oxygens (including phenoxy) is 2. The molecule has 2 unspecified atom stereocenters. The average molecular weight is 265 g/mol. The molecule has 3 nitrogen and oxygen atoms in total. The molecule has 0 aliphatic rings. The lowest BCUT2D eigenvalue weighted by molar-refractivity contribution is 0.0711. The van der Waals surface area contributed by atoms with Crippen molar-refractivity contribution in [3.8, 4) is 5.75 Å². The van der Waals surface area contributed by atoms with Gasteiger partial charge >= 0.3 is 0 Å². The molecule has 1 aromatic rings. The normalized spacial score (nSPS) is 14.2. The Morgan fingerprint density at radius 3 is 2.26 bits per heavy atom. The molecule has 2 N–H and O–H groups in total. The van der Waals surface area contributed by atoms with Gasteiger partial charge in [0.25, 0.3) is 0 Å². The third-order valence-corrected chi connectivity index (χ3v) is 3.41. The molecule has 0 radical (unpaired) electrons. The minimum atomic E-state index is 0.104. The second-order valence-electron chi connectivity index (χ2n) is 5.29. The summed E-state index contributed by atoms with van der Waals surface area (Å²) in [5, 5.41) is 0. The van der Waals surface area contributed by atoms with Crippen molar-refractivity contribution in [2.24, 2.45) is 5.73 Å². The van der Waals surface area contributed by atoms with E-state index >= 15 is 0 Å². The van der Waals surface area contributed by atoms with Gasteiger partial charge in [-0.3, -0.25) is 0 Å². The van der Waals surface area contributed by atoms with Crippen LogP contribution in [0.15, 0.2) is 12.1 Å². The Labute approximate surface area is 117 Å². The maximum atomic E-state index is 6.01. The van der Waals surface area contributed by atoms with Crippen LogP contribution in [0.5, 0.6) is 5.75 Å². The molecule has 0 aromatic heterocycles. The molecule has 0 spiro atoms. The van der Waals surface area contributed by atoms with Crippen molar-refractivity contribution in [2.45, 2.75) is 52.7 Å². The van der Waals surface area contributed by atoms with Gasteiger partial charge < -0.3 is 15.2 Å². The Balaban J connectivity index is 2.79. The van der Waals surface area contributed by atoms with E-state index in [0.29, 0.717) is 6.61 Å². The van der Waals surface area contributed by atoms with Crippen molar-refractivity contribution >= 4 is 0 Å². The third-order valence-electron chi connectivity index (χ3n) is 3.41. The van der Waals surface area contributed by atoms with E-state index in [1.54, 1.807) is 7.11 Å². The highest BCUT2D eigenvalue weighted by Crippen LogP contribution is 2.25. The zero-order valence-corrected chi connectivity index (χ0v) is 12.8. The van der Waals surface area contributed by atoms with Crippen LogP contribution in [0.2, 0.25) is 0 Å². The van der Waals surface area contributed by atoms with Gasteiger partial charge in [-0.15, -0.1) is 0 Å². The summed E-state index contributed by atoms with van der Waals surface area (Å²) in [6, 6.07) is 4.59. The van der Waals surface area contributed by atoms with Crippen molar-refractivity contribution in [3.05, 3.63) is 28.8 Å². The molecule has 0 heterocycles. The summed E-state index contributed by atoms with van der Waals surface area (Å²) in [5.41, 5.74) is 9.64. The van der Waals surface area contributed by atoms with Crippen LogP contribution in [0.4, 0.5) is 0 Å². The SMILES string of the molecule is CCC(N)Cc1cc(C)c(OCC(C)OC)c(C)c1. The highest BCUT2D eigenvalue weighted by Gasteiger charge is 2.10. The smallest absolute Gasteiger partial charge is 0.125 e. The largest absolute Gasteiger partial charge is 0.490 e. The third kappa shape index (κ3) is 4.84. The first-order valence-electron chi connectivity index (χ1n) is 6.99. The van der Waals surface area contributed by atoms with E-state index in [9.17, 15) is 0 Å². The highest BCUT2D eigenvalue weighted by atomic mass is 16.5. The van der Waals surface area contributed by atoms with Gasteiger partial charge in [0, 0.05) is 13.2 Å². The fraction of sp³-hybridized carbons (Fsp3) is 0.625. The van der Waals surface area contributed by atoms with Crippen molar-refractivity contribution < 1.29 is 9.47 Å². The van der Waals surface area contributed by atoms with Crippen LogP contribution in [-0.2, 0) is 11.2 Å². The number of methoxy groups -OCH3 is 1. The van der Waals surface area contributed by atoms with E-state index in [1.807, 2.05) is 6.92 Å². The molecule has 0 fully saturated rings. The number of rotatable bonds is 7. The first-order chi connectivity index (χ1) is 8.97. The van der Waals surface area contributed by atoms with E-state index < -0.39 is 0 Å². The van der Waals surface area contributed by atoms with Crippen LogP contribution < -0.4 is 10.5 Å². The Morgan fingerprint density at radius 1 is 1.21 bits per heavy atom. The van der Waals surface area contributed by atoms with Gasteiger partial charge in [0.15, 0.2) is 0 Å². The maximum absolute atomic E-state index is 6.01. The molecule has 3 heteroatoms. The van der Waals surface area contributed by atoms with E-state index in [0.717, 1.165) is 18.6 Å². The molecule has 19 heavy (non-hydrogen) atoms. The van der Waals surface area contributed by atoms with E-state index in [-0.39, 0.29) is 12.1 Å². The zero-order chi connectivity index (χ0) is 14.4. The standard InChI is InChI=1S/C16H27NO2/c1-6-15(17)9-14-7-11(2)16(12(3)8-14)19-10-13(4)18-5/h7-8,13,15H,6,9-10,17H2,1-5H3. The molecule has 1 aromatic carbocycles. The summed E-state index contributed by atoms with van der Waals surface area (Å²) in [7, 11) is 1.70. The van der Waals surface area contributed by atoms with Gasteiger partial charge in [0.2, 0.25) is 0 Å². The zero-order valence-electron chi connectivity index (χ0n) is 12.8. The first kappa shape index (κ1) is 16.0. The van der Waals surface area contributed by atoms with Crippen LogP contribution >= 0.6 is 0 Å². The summed E-state index contributed by atoms with van der Waals surface area (Å²) in [6.07, 6.45) is 2.03. The van der Waals surface area contributed by atoms with E-state index in [2.05, 4.69) is 32.9 Å². The molecular formula is C16H27NO2. The van der Waals surface area contributed by atoms with Crippen LogP contribution in [0.25, 0.3) is 0 Å². The second kappa shape index (κ2) is 7.51. The summed E-state index contributed by atoms with van der Waals surface area (Å²) >= 11 is 0. The minimum absolute atomic E-state index is 0.104. The number of nitrogens with two attached hydrogens (primary N) is 1. The van der Waals surface area contributed by atoms with Crippen molar-refractivity contribution in [1.29, 1.82) is 0 Å². The van der Waals surface area contributed by atoms with Gasteiger partial charge in [-0.1, -0.05) is 19.1 Å². The number of benzene rings is 1. The van der Waals surface area contributed by atoms with Crippen molar-refractivity contribution in [2.75, 3.05) is 13.7 Å². The van der Waals surface area contributed by atoms with Crippen LogP contribution in [-0.4, -0.2) is 25.9 Å². The average Bonchev–Trinajstić information content (AvgIpc) is 2.37. The van der Waals surface area contributed by atoms with Crippen molar-refractivity contribution in [1.82, 2.24) is 0 Å². The number of hydrogen-bond acceptors (Lipinski definition) is 3. The van der Waals surface area contributed by atoms with E-state index in [4.69, 9.17) is 15.2 Å². The molecule has 0 saturated heterocycles. The summed E-state index contributed by atoms with van der Waals surface area (Å²) in [4.78, 5) is 0. The van der Waals surface area contributed by atoms with Gasteiger partial charge in [0.1, 0.15) is 12.4 Å². The Kier molecular flexibility index (Phi) is 6.32. The molecule has 0 bridgehead atoms. The van der Waals surface area contributed by atoms with Crippen LogP contribution in [0.3, 0.4) is 0 Å². The Bertz CT molecular complexity index is 381. The predicted molar refractivity (Wildman–Crippen MR) is 79.9 cm³/mol. The monoisotopic (exact) mass is 265 g/mol. The van der Waals surface area contributed by atoms with Gasteiger partial charge in [-0.25, -0.2) is 0 Å². The lowest BCUT2D eigenvalue weighted by Crippen LogP contribution is -2.21. The molecule has 0 amide bonds. The second-order valence-corrected chi connectivity index (χ2v) is 5.29. The Hall–Kier alpha value is -1.06. The molecule has 1 rings (SSSR count). The van der Waals surface area contributed by atoms with Gasteiger partial charge in [-0.05, 0) is 50.3 Å². The van der Waals surface area contributed by atoms with Crippen LogP contribution in [0, 0.1) is 13.8 Å². The highest BCUT2D eigenvalue weighted by molar-refractivity contribution is 5.43. The van der Waals surface area contributed by atoms with Crippen LogP contribution in [0.1, 0.15) is 37.0 Å². The minimum Gasteiger partial charge on any atom is -0.490 e. The fourth-order valence-corrected chi connectivity index (χ4v) is 2.10. The molecule has 2 atom stereocenters. The predicted octanol–water partition coefficient (Wildman–Crippen LogP) is 3.00. The molecular weight excluding hydrogens is 238 g/mol. The summed E-state index contributed by atoms with van der Waals surface area (Å²) < 4.78 is 11.1. The lowest BCUT2D eigenvalue weighted by atomic mass is 9.99.